The monoisotopic (exact) mass is 402 g/mol. The summed E-state index contributed by atoms with van der Waals surface area (Å²) >= 11 is 0. The Kier molecular flexibility index (Phi) is 4.99. The molecule has 3 aromatic rings. The number of H-pyrrole nitrogens is 1. The van der Waals surface area contributed by atoms with Gasteiger partial charge in [0, 0.05) is 18.0 Å². The Labute approximate surface area is 164 Å². The molecule has 0 saturated carbocycles. The Morgan fingerprint density at radius 2 is 1.90 bits per heavy atom. The SMILES string of the molecule is Cc1cnncc1-c1nc(N2CCCC(Cc3cc(F)c(F)c(F)c3)C2=O)n[nH]1. The number of aromatic nitrogens is 5. The third-order valence-electron chi connectivity index (χ3n) is 4.98. The minimum atomic E-state index is -1.51. The number of nitrogens with one attached hydrogen (secondary N) is 1. The standard InChI is InChI=1S/C19H17F3N6O/c1-10-8-23-24-9-13(10)17-25-19(27-26-17)28-4-2-3-12(18(28)29)5-11-6-14(20)16(22)15(21)7-11/h6-9,12H,2-5H2,1H3,(H,25,26,27). The fraction of sp³-hybridized carbons (Fsp3) is 0.316. The van der Waals surface area contributed by atoms with Crippen LogP contribution in [0.4, 0.5) is 19.1 Å². The topological polar surface area (TPSA) is 87.7 Å². The van der Waals surface area contributed by atoms with E-state index >= 15 is 0 Å². The fourth-order valence-corrected chi connectivity index (χ4v) is 3.47. The summed E-state index contributed by atoms with van der Waals surface area (Å²) in [6.45, 7) is 2.29. The number of halogens is 3. The number of hydrogen-bond acceptors (Lipinski definition) is 5. The van der Waals surface area contributed by atoms with E-state index in [0.29, 0.717) is 25.2 Å². The molecule has 0 bridgehead atoms. The maximum Gasteiger partial charge on any atom is 0.251 e. The van der Waals surface area contributed by atoms with Crippen LogP contribution in [0.5, 0.6) is 0 Å². The summed E-state index contributed by atoms with van der Waals surface area (Å²) in [5.74, 6) is -4.09. The molecule has 1 aliphatic rings. The summed E-state index contributed by atoms with van der Waals surface area (Å²) < 4.78 is 40.1. The number of hydrogen-bond donors (Lipinski definition) is 1. The molecule has 1 N–H and O–H groups in total. The van der Waals surface area contributed by atoms with Gasteiger partial charge in [0.2, 0.25) is 5.91 Å². The smallest absolute Gasteiger partial charge is 0.251 e. The van der Waals surface area contributed by atoms with Crippen molar-refractivity contribution in [1.29, 1.82) is 0 Å². The summed E-state index contributed by atoms with van der Waals surface area (Å²) in [5.41, 5.74) is 1.80. The maximum atomic E-state index is 13.5. The van der Waals surface area contributed by atoms with Crippen LogP contribution in [0.2, 0.25) is 0 Å². The molecule has 1 unspecified atom stereocenters. The second-order valence-corrected chi connectivity index (χ2v) is 6.98. The molecule has 1 amide bonds. The first kappa shape index (κ1) is 19.0. The first-order valence-electron chi connectivity index (χ1n) is 9.09. The van der Waals surface area contributed by atoms with E-state index in [2.05, 4.69) is 25.4 Å². The van der Waals surface area contributed by atoms with Crippen LogP contribution in [0.1, 0.15) is 24.0 Å². The zero-order chi connectivity index (χ0) is 20.5. The van der Waals surface area contributed by atoms with E-state index in [1.807, 2.05) is 6.92 Å². The third kappa shape index (κ3) is 3.69. The van der Waals surface area contributed by atoms with Gasteiger partial charge in [-0.3, -0.25) is 14.8 Å². The van der Waals surface area contributed by atoms with Crippen LogP contribution in [0.15, 0.2) is 24.5 Å². The number of aromatic amines is 1. The molecule has 2 aromatic heterocycles. The molecular formula is C19H17F3N6O. The number of nitrogens with zero attached hydrogens (tertiary/aromatic N) is 5. The van der Waals surface area contributed by atoms with Crippen LogP contribution in [-0.2, 0) is 11.2 Å². The molecule has 7 nitrogen and oxygen atoms in total. The van der Waals surface area contributed by atoms with Crippen LogP contribution >= 0.6 is 0 Å². The second kappa shape index (κ2) is 7.61. The molecule has 1 aliphatic heterocycles. The molecule has 0 aliphatic carbocycles. The number of rotatable bonds is 4. The predicted octanol–water partition coefficient (Wildman–Crippen LogP) is 2.97. The van der Waals surface area contributed by atoms with Crippen LogP contribution in [-0.4, -0.2) is 37.8 Å². The van der Waals surface area contributed by atoms with Crippen molar-refractivity contribution in [3.63, 3.8) is 0 Å². The number of anilines is 1. The van der Waals surface area contributed by atoms with Gasteiger partial charge in [0.25, 0.3) is 5.95 Å². The molecule has 3 heterocycles. The minimum absolute atomic E-state index is 0.105. The van der Waals surface area contributed by atoms with Gasteiger partial charge in [-0.1, -0.05) is 0 Å². The highest BCUT2D eigenvalue weighted by Crippen LogP contribution is 2.27. The molecule has 29 heavy (non-hydrogen) atoms. The molecule has 1 aromatic carbocycles. The largest absolute Gasteiger partial charge is 0.279 e. The van der Waals surface area contributed by atoms with Gasteiger partial charge in [-0.2, -0.15) is 15.2 Å². The first-order valence-corrected chi connectivity index (χ1v) is 9.09. The molecule has 1 atom stereocenters. The molecule has 0 spiro atoms. The van der Waals surface area contributed by atoms with Gasteiger partial charge in [-0.15, -0.1) is 5.10 Å². The Hall–Kier alpha value is -3.30. The number of piperidine rings is 1. The molecule has 4 rings (SSSR count). The van der Waals surface area contributed by atoms with Gasteiger partial charge in [0.1, 0.15) is 0 Å². The zero-order valence-corrected chi connectivity index (χ0v) is 15.5. The average Bonchev–Trinajstić information content (AvgIpc) is 3.17. The third-order valence-corrected chi connectivity index (χ3v) is 4.98. The van der Waals surface area contributed by atoms with Crippen molar-refractivity contribution in [2.24, 2.45) is 5.92 Å². The van der Waals surface area contributed by atoms with Crippen molar-refractivity contribution in [3.05, 3.63) is 53.1 Å². The van der Waals surface area contributed by atoms with Gasteiger partial charge < -0.3 is 0 Å². The lowest BCUT2D eigenvalue weighted by molar-refractivity contribution is -0.123. The molecule has 150 valence electrons. The molecule has 1 fully saturated rings. The molecule has 10 heteroatoms. The van der Waals surface area contributed by atoms with Gasteiger partial charge in [-0.25, -0.2) is 13.2 Å². The second-order valence-electron chi connectivity index (χ2n) is 6.98. The average molecular weight is 402 g/mol. The zero-order valence-electron chi connectivity index (χ0n) is 15.5. The van der Waals surface area contributed by atoms with Crippen molar-refractivity contribution in [1.82, 2.24) is 25.4 Å². The molecular weight excluding hydrogens is 385 g/mol. The Balaban J connectivity index is 1.54. The number of amides is 1. The van der Waals surface area contributed by atoms with E-state index in [-0.39, 0.29) is 23.8 Å². The first-order chi connectivity index (χ1) is 13.9. The van der Waals surface area contributed by atoms with Gasteiger partial charge in [-0.05, 0) is 49.4 Å². The maximum absolute atomic E-state index is 13.5. The lowest BCUT2D eigenvalue weighted by atomic mass is 9.90. The summed E-state index contributed by atoms with van der Waals surface area (Å²) in [7, 11) is 0. The van der Waals surface area contributed by atoms with Crippen molar-refractivity contribution in [3.8, 4) is 11.4 Å². The Morgan fingerprint density at radius 3 is 2.62 bits per heavy atom. The van der Waals surface area contributed by atoms with E-state index in [4.69, 9.17) is 0 Å². The van der Waals surface area contributed by atoms with Crippen molar-refractivity contribution >= 4 is 11.9 Å². The van der Waals surface area contributed by atoms with E-state index in [0.717, 1.165) is 23.3 Å². The predicted molar refractivity (Wildman–Crippen MR) is 97.2 cm³/mol. The van der Waals surface area contributed by atoms with E-state index in [9.17, 15) is 18.0 Å². The van der Waals surface area contributed by atoms with Crippen molar-refractivity contribution in [2.75, 3.05) is 11.4 Å². The molecule has 1 saturated heterocycles. The molecule has 0 radical (unpaired) electrons. The fourth-order valence-electron chi connectivity index (χ4n) is 3.47. The van der Waals surface area contributed by atoms with Crippen LogP contribution in [0.3, 0.4) is 0 Å². The number of carbonyl (C=O) groups excluding carboxylic acids is 1. The van der Waals surface area contributed by atoms with E-state index < -0.39 is 23.4 Å². The normalized spacial score (nSPS) is 17.0. The van der Waals surface area contributed by atoms with Gasteiger partial charge in [0.05, 0.1) is 12.4 Å². The van der Waals surface area contributed by atoms with Gasteiger partial charge >= 0.3 is 0 Å². The highest BCUT2D eigenvalue weighted by molar-refractivity contribution is 5.94. The Bertz CT molecular complexity index is 1050. The van der Waals surface area contributed by atoms with E-state index in [1.165, 1.54) is 4.90 Å². The number of carbonyl (C=O) groups is 1. The number of benzene rings is 1. The highest BCUT2D eigenvalue weighted by Gasteiger charge is 2.32. The van der Waals surface area contributed by atoms with Gasteiger partial charge in [0.15, 0.2) is 23.3 Å². The minimum Gasteiger partial charge on any atom is -0.279 e. The van der Waals surface area contributed by atoms with Crippen molar-refractivity contribution in [2.45, 2.75) is 26.2 Å². The van der Waals surface area contributed by atoms with E-state index in [1.54, 1.807) is 12.4 Å². The summed E-state index contributed by atoms with van der Waals surface area (Å²) in [4.78, 5) is 18.8. The van der Waals surface area contributed by atoms with Crippen LogP contribution in [0, 0.1) is 30.3 Å². The summed E-state index contributed by atoms with van der Waals surface area (Å²) in [5, 5.41) is 14.6. The highest BCUT2D eigenvalue weighted by atomic mass is 19.2. The lowest BCUT2D eigenvalue weighted by Crippen LogP contribution is -2.42. The number of aryl methyl sites for hydroxylation is 1. The van der Waals surface area contributed by atoms with Crippen LogP contribution < -0.4 is 4.90 Å². The summed E-state index contributed by atoms with van der Waals surface area (Å²) in [6, 6.07) is 1.85. The lowest BCUT2D eigenvalue weighted by Gasteiger charge is -2.30. The van der Waals surface area contributed by atoms with Crippen molar-refractivity contribution < 1.29 is 18.0 Å². The summed E-state index contributed by atoms with van der Waals surface area (Å²) in [6.07, 6.45) is 4.50. The quantitative estimate of drug-likeness (QED) is 0.678. The van der Waals surface area contributed by atoms with Crippen LogP contribution in [0.25, 0.3) is 11.4 Å². The Morgan fingerprint density at radius 1 is 1.17 bits per heavy atom.